The maximum absolute atomic E-state index is 12.5. The Morgan fingerprint density at radius 1 is 1.45 bits per heavy atom. The van der Waals surface area contributed by atoms with E-state index in [0.717, 1.165) is 13.0 Å². The molecule has 1 amide bonds. The molecule has 4 nitrogen and oxygen atoms in total. The van der Waals surface area contributed by atoms with Gasteiger partial charge >= 0.3 is 0 Å². The monoisotopic (exact) mass is 322 g/mol. The number of fused-ring (bicyclic) bond motifs is 1. The lowest BCUT2D eigenvalue weighted by Gasteiger charge is -2.57. The maximum atomic E-state index is 12.5. The lowest BCUT2D eigenvalue weighted by Crippen LogP contribution is -2.66. The van der Waals surface area contributed by atoms with Gasteiger partial charge in [-0.25, -0.2) is 0 Å². The molecule has 0 spiro atoms. The molecule has 0 radical (unpaired) electrons. The van der Waals surface area contributed by atoms with Gasteiger partial charge in [-0.2, -0.15) is 0 Å². The van der Waals surface area contributed by atoms with E-state index in [4.69, 9.17) is 4.74 Å². The molecule has 3 atom stereocenters. The predicted octanol–water partition coefficient (Wildman–Crippen LogP) is 2.45. The van der Waals surface area contributed by atoms with Crippen LogP contribution in [0.2, 0.25) is 0 Å². The van der Waals surface area contributed by atoms with Gasteiger partial charge in [0.15, 0.2) is 0 Å². The second-order valence-electron chi connectivity index (χ2n) is 7.25. The summed E-state index contributed by atoms with van der Waals surface area (Å²) in [6, 6.07) is 4.55. The molecule has 3 rings (SSSR count). The molecule has 122 valence electrons. The third kappa shape index (κ3) is 2.70. The van der Waals surface area contributed by atoms with E-state index in [1.54, 1.807) is 11.3 Å². The largest absolute Gasteiger partial charge is 0.377 e. The molecule has 0 aromatic carbocycles. The predicted molar refractivity (Wildman–Crippen MR) is 88.8 cm³/mol. The molecule has 2 heterocycles. The molecule has 0 bridgehead atoms. The Morgan fingerprint density at radius 2 is 2.23 bits per heavy atom. The molecule has 1 saturated carbocycles. The first-order valence-corrected chi connectivity index (χ1v) is 8.87. The van der Waals surface area contributed by atoms with Gasteiger partial charge in [-0.15, -0.1) is 11.3 Å². The first-order valence-electron chi connectivity index (χ1n) is 7.99. The summed E-state index contributed by atoms with van der Waals surface area (Å²) in [6.45, 7) is 6.59. The Morgan fingerprint density at radius 3 is 2.91 bits per heavy atom. The van der Waals surface area contributed by atoms with Crippen LogP contribution in [0.15, 0.2) is 17.5 Å². The first-order chi connectivity index (χ1) is 10.4. The van der Waals surface area contributed by atoms with E-state index < -0.39 is 0 Å². The van der Waals surface area contributed by atoms with Crippen LogP contribution in [0, 0.1) is 11.3 Å². The highest BCUT2D eigenvalue weighted by molar-refractivity contribution is 7.09. The zero-order valence-electron chi connectivity index (χ0n) is 13.9. The van der Waals surface area contributed by atoms with E-state index in [1.165, 1.54) is 4.88 Å². The first kappa shape index (κ1) is 16.0. The van der Waals surface area contributed by atoms with Gasteiger partial charge < -0.3 is 9.64 Å². The minimum atomic E-state index is 0.141. The van der Waals surface area contributed by atoms with E-state index in [-0.39, 0.29) is 11.3 Å². The Hall–Kier alpha value is -0.910. The minimum absolute atomic E-state index is 0.141. The second-order valence-corrected chi connectivity index (χ2v) is 8.29. The van der Waals surface area contributed by atoms with Crippen molar-refractivity contribution >= 4 is 17.2 Å². The summed E-state index contributed by atoms with van der Waals surface area (Å²) in [6.07, 6.45) is 1.50. The van der Waals surface area contributed by atoms with Crippen LogP contribution in [-0.2, 0) is 16.1 Å². The van der Waals surface area contributed by atoms with Crippen molar-refractivity contribution in [2.24, 2.45) is 11.3 Å². The minimum Gasteiger partial charge on any atom is -0.377 e. The Labute approximate surface area is 137 Å². The third-order valence-corrected chi connectivity index (χ3v) is 6.16. The summed E-state index contributed by atoms with van der Waals surface area (Å²) in [5.41, 5.74) is 0.141. The third-order valence-electron chi connectivity index (χ3n) is 5.30. The van der Waals surface area contributed by atoms with Crippen molar-refractivity contribution in [3.8, 4) is 0 Å². The molecule has 2 fully saturated rings. The number of thiophene rings is 1. The molecule has 2 aliphatic rings. The van der Waals surface area contributed by atoms with Crippen molar-refractivity contribution in [1.29, 1.82) is 0 Å². The lowest BCUT2D eigenvalue weighted by molar-refractivity contribution is -0.157. The van der Waals surface area contributed by atoms with Crippen LogP contribution < -0.4 is 0 Å². The van der Waals surface area contributed by atoms with Crippen LogP contribution in [0.4, 0.5) is 0 Å². The topological polar surface area (TPSA) is 32.8 Å². The Kier molecular flexibility index (Phi) is 4.32. The molecule has 1 saturated heterocycles. The molecule has 0 unspecified atom stereocenters. The van der Waals surface area contributed by atoms with Crippen molar-refractivity contribution in [3.05, 3.63) is 22.4 Å². The normalized spacial score (nSPS) is 29.2. The summed E-state index contributed by atoms with van der Waals surface area (Å²) in [4.78, 5) is 17.8. The SMILES string of the molecule is CN(Cc1cccs1)C(=O)CN(C)[C@@H]1[C@@H]2CCO[C@@H]2C1(C)C. The van der Waals surface area contributed by atoms with Gasteiger partial charge in [0, 0.05) is 35.9 Å². The summed E-state index contributed by atoms with van der Waals surface area (Å²) in [7, 11) is 3.97. The standard InChI is InChI=1S/C17H26N2O2S/c1-17(2)15(13-7-8-21-16(13)17)19(4)11-14(20)18(3)10-12-6-5-9-22-12/h5-6,9,13,15-16H,7-8,10-11H2,1-4H3/t13-,15+,16-/m0/s1. The van der Waals surface area contributed by atoms with Gasteiger partial charge in [0.05, 0.1) is 19.2 Å². The highest BCUT2D eigenvalue weighted by Gasteiger charge is 2.60. The summed E-state index contributed by atoms with van der Waals surface area (Å²) < 4.78 is 5.85. The highest BCUT2D eigenvalue weighted by atomic mass is 32.1. The van der Waals surface area contributed by atoms with Crippen LogP contribution >= 0.6 is 11.3 Å². The molecular formula is C17H26N2O2S. The summed E-state index contributed by atoms with van der Waals surface area (Å²) >= 11 is 1.70. The van der Waals surface area contributed by atoms with Crippen LogP contribution in [0.25, 0.3) is 0 Å². The fraction of sp³-hybridized carbons (Fsp3) is 0.706. The molecule has 1 aliphatic carbocycles. The van der Waals surface area contributed by atoms with Gasteiger partial charge in [0.2, 0.25) is 5.91 Å². The van der Waals surface area contributed by atoms with E-state index in [2.05, 4.69) is 37.2 Å². The quantitative estimate of drug-likeness (QED) is 0.835. The van der Waals surface area contributed by atoms with Crippen molar-refractivity contribution < 1.29 is 9.53 Å². The number of likely N-dealkylation sites (N-methyl/N-ethyl adjacent to an activating group) is 2. The fourth-order valence-corrected chi connectivity index (χ4v) is 5.11. The van der Waals surface area contributed by atoms with Gasteiger partial charge in [-0.3, -0.25) is 9.69 Å². The van der Waals surface area contributed by atoms with Gasteiger partial charge in [-0.1, -0.05) is 19.9 Å². The number of nitrogens with zero attached hydrogens (tertiary/aromatic N) is 2. The fourth-order valence-electron chi connectivity index (χ4n) is 4.35. The average molecular weight is 322 g/mol. The number of hydrogen-bond acceptors (Lipinski definition) is 4. The summed E-state index contributed by atoms with van der Waals surface area (Å²) in [5.74, 6) is 0.782. The number of rotatable bonds is 5. The molecule has 22 heavy (non-hydrogen) atoms. The zero-order chi connectivity index (χ0) is 15.9. The Bertz CT molecular complexity index is 529. The molecule has 5 heteroatoms. The number of carbonyl (C=O) groups excluding carboxylic acids is 1. The van der Waals surface area contributed by atoms with Gasteiger partial charge in [0.25, 0.3) is 0 Å². The van der Waals surface area contributed by atoms with E-state index in [0.29, 0.717) is 31.2 Å². The highest BCUT2D eigenvalue weighted by Crippen LogP contribution is 2.54. The molecule has 0 N–H and O–H groups in total. The smallest absolute Gasteiger partial charge is 0.236 e. The van der Waals surface area contributed by atoms with Crippen LogP contribution in [0.3, 0.4) is 0 Å². The number of hydrogen-bond donors (Lipinski definition) is 0. The zero-order valence-corrected chi connectivity index (χ0v) is 14.7. The average Bonchev–Trinajstić information content (AvgIpc) is 3.08. The van der Waals surface area contributed by atoms with E-state index in [1.807, 2.05) is 18.0 Å². The van der Waals surface area contributed by atoms with Crippen molar-refractivity contribution in [2.75, 3.05) is 27.2 Å². The van der Waals surface area contributed by atoms with Crippen LogP contribution in [-0.4, -0.2) is 55.1 Å². The van der Waals surface area contributed by atoms with Gasteiger partial charge in [0.1, 0.15) is 0 Å². The molecule has 1 aromatic heterocycles. The molecule has 1 aromatic rings. The van der Waals surface area contributed by atoms with E-state index in [9.17, 15) is 4.79 Å². The van der Waals surface area contributed by atoms with Gasteiger partial charge in [-0.05, 0) is 24.9 Å². The maximum Gasteiger partial charge on any atom is 0.236 e. The van der Waals surface area contributed by atoms with Crippen molar-refractivity contribution in [2.45, 2.75) is 39.0 Å². The number of ether oxygens (including phenoxy) is 1. The number of amides is 1. The van der Waals surface area contributed by atoms with Crippen LogP contribution in [0.1, 0.15) is 25.1 Å². The second kappa shape index (κ2) is 5.95. The van der Waals surface area contributed by atoms with Crippen molar-refractivity contribution in [1.82, 2.24) is 9.80 Å². The molecule has 1 aliphatic heterocycles. The van der Waals surface area contributed by atoms with Crippen LogP contribution in [0.5, 0.6) is 0 Å². The molecular weight excluding hydrogens is 296 g/mol. The number of carbonyl (C=O) groups is 1. The summed E-state index contributed by atoms with van der Waals surface area (Å²) in [5, 5.41) is 2.05. The van der Waals surface area contributed by atoms with Crippen molar-refractivity contribution in [3.63, 3.8) is 0 Å². The lowest BCUT2D eigenvalue weighted by atomic mass is 9.57. The van der Waals surface area contributed by atoms with E-state index >= 15 is 0 Å². The Balaban J connectivity index is 1.57.